The van der Waals surface area contributed by atoms with Gasteiger partial charge in [0, 0.05) is 23.5 Å². The fraction of sp³-hybridized carbons (Fsp3) is 0.174. The van der Waals surface area contributed by atoms with Gasteiger partial charge in [0.25, 0.3) is 0 Å². The third-order valence-electron chi connectivity index (χ3n) is 5.22. The summed E-state index contributed by atoms with van der Waals surface area (Å²) in [5.74, 6) is 1.21. The first-order valence-corrected chi connectivity index (χ1v) is 10.6. The quantitative estimate of drug-likeness (QED) is 0.505. The van der Waals surface area contributed by atoms with Crippen LogP contribution in [0.25, 0.3) is 22.4 Å². The van der Waals surface area contributed by atoms with Gasteiger partial charge in [0.1, 0.15) is 10.9 Å². The van der Waals surface area contributed by atoms with Crippen LogP contribution in [0.3, 0.4) is 0 Å². The van der Waals surface area contributed by atoms with E-state index in [1.54, 1.807) is 6.20 Å². The molecule has 1 N–H and O–H groups in total. The third kappa shape index (κ3) is 3.29. The van der Waals surface area contributed by atoms with Crippen molar-refractivity contribution < 1.29 is 4.79 Å². The van der Waals surface area contributed by atoms with Gasteiger partial charge in [0.2, 0.25) is 5.91 Å². The minimum absolute atomic E-state index is 0.105. The molecule has 1 atom stereocenters. The number of rotatable bonds is 4. The normalized spacial score (nSPS) is 15.6. The Morgan fingerprint density at radius 1 is 1.14 bits per heavy atom. The highest BCUT2D eigenvalue weighted by Gasteiger charge is 2.30. The largest absolute Gasteiger partial charge is 0.338 e. The van der Waals surface area contributed by atoms with Crippen LogP contribution < -0.4 is 4.90 Å². The number of nitrogens with zero attached hydrogens (tertiary/aromatic N) is 3. The second-order valence-corrected chi connectivity index (χ2v) is 8.16. The molecule has 3 heterocycles. The molecule has 1 unspecified atom stereocenters. The number of thioether (sulfide) groups is 1. The molecular formula is C23H20N4OS. The van der Waals surface area contributed by atoms with Crippen molar-refractivity contribution >= 4 is 34.4 Å². The summed E-state index contributed by atoms with van der Waals surface area (Å²) in [4.78, 5) is 27.5. The lowest BCUT2D eigenvalue weighted by molar-refractivity contribution is -0.116. The average Bonchev–Trinajstić information content (AvgIpc) is 3.32. The molecule has 1 aliphatic rings. The summed E-state index contributed by atoms with van der Waals surface area (Å²) in [5, 5.41) is 0.806. The maximum Gasteiger partial charge on any atom is 0.237 e. The number of fused-ring (bicyclic) bond motifs is 2. The molecule has 0 fully saturated rings. The van der Waals surface area contributed by atoms with Crippen LogP contribution in [-0.2, 0) is 11.2 Å². The van der Waals surface area contributed by atoms with Gasteiger partial charge in [-0.3, -0.25) is 4.79 Å². The zero-order chi connectivity index (χ0) is 19.8. The van der Waals surface area contributed by atoms with Crippen molar-refractivity contribution in [3.8, 4) is 11.4 Å². The zero-order valence-corrected chi connectivity index (χ0v) is 16.8. The van der Waals surface area contributed by atoms with E-state index in [1.807, 2.05) is 59.5 Å². The van der Waals surface area contributed by atoms with Crippen LogP contribution in [-0.4, -0.2) is 32.7 Å². The second kappa shape index (κ2) is 7.37. The summed E-state index contributed by atoms with van der Waals surface area (Å²) in [6.45, 7) is 2.10. The summed E-state index contributed by atoms with van der Waals surface area (Å²) >= 11 is 1.46. The molecule has 5 nitrogen and oxygen atoms in total. The number of amides is 1. The number of aromatic nitrogens is 3. The van der Waals surface area contributed by atoms with E-state index in [2.05, 4.69) is 27.9 Å². The molecule has 0 aliphatic carbocycles. The summed E-state index contributed by atoms with van der Waals surface area (Å²) < 4.78 is 0. The number of para-hydroxylation sites is 3. The van der Waals surface area contributed by atoms with E-state index >= 15 is 0 Å². The van der Waals surface area contributed by atoms with Crippen LogP contribution in [0.5, 0.6) is 0 Å². The van der Waals surface area contributed by atoms with Gasteiger partial charge in [-0.2, -0.15) is 0 Å². The Bertz CT molecular complexity index is 1170. The lowest BCUT2D eigenvalue weighted by atomic mass is 10.1. The summed E-state index contributed by atoms with van der Waals surface area (Å²) in [6, 6.07) is 20.2. The van der Waals surface area contributed by atoms with Crippen LogP contribution in [0.2, 0.25) is 0 Å². The number of pyridine rings is 1. The van der Waals surface area contributed by atoms with Gasteiger partial charge in [-0.25, -0.2) is 9.97 Å². The van der Waals surface area contributed by atoms with E-state index in [9.17, 15) is 4.79 Å². The molecule has 29 heavy (non-hydrogen) atoms. The Morgan fingerprint density at radius 2 is 1.97 bits per heavy atom. The van der Waals surface area contributed by atoms with Crippen LogP contribution in [0.15, 0.2) is 71.9 Å². The number of carbonyl (C=O) groups is 1. The molecular weight excluding hydrogens is 380 g/mol. The smallest absolute Gasteiger partial charge is 0.237 e. The lowest BCUT2D eigenvalue weighted by Crippen LogP contribution is -2.37. The minimum atomic E-state index is 0.105. The molecule has 0 saturated heterocycles. The summed E-state index contributed by atoms with van der Waals surface area (Å²) in [6.07, 6.45) is 2.66. The van der Waals surface area contributed by atoms with Gasteiger partial charge in [0.05, 0.1) is 16.8 Å². The monoisotopic (exact) mass is 400 g/mol. The van der Waals surface area contributed by atoms with Gasteiger partial charge in [-0.05, 0) is 49.2 Å². The van der Waals surface area contributed by atoms with E-state index in [4.69, 9.17) is 0 Å². The van der Waals surface area contributed by atoms with Crippen molar-refractivity contribution in [1.29, 1.82) is 0 Å². The number of imidazole rings is 1. The molecule has 5 rings (SSSR count). The Hall–Kier alpha value is -3.12. The molecule has 0 saturated carbocycles. The Kier molecular flexibility index (Phi) is 4.56. The SMILES string of the molecule is CC1Cc2ccccc2N1C(=O)CSc1ncccc1-c1nc2ccccc2[nH]1. The first-order valence-electron chi connectivity index (χ1n) is 9.63. The Labute approximate surface area is 173 Å². The van der Waals surface area contributed by atoms with Gasteiger partial charge in [0.15, 0.2) is 0 Å². The second-order valence-electron chi connectivity index (χ2n) is 7.19. The van der Waals surface area contributed by atoms with Crippen molar-refractivity contribution in [1.82, 2.24) is 15.0 Å². The zero-order valence-electron chi connectivity index (χ0n) is 16.0. The molecule has 6 heteroatoms. The minimum Gasteiger partial charge on any atom is -0.338 e. The Morgan fingerprint density at radius 3 is 2.86 bits per heavy atom. The molecule has 2 aromatic carbocycles. The number of hydrogen-bond acceptors (Lipinski definition) is 4. The molecule has 0 spiro atoms. The van der Waals surface area contributed by atoms with Crippen molar-refractivity contribution in [2.24, 2.45) is 0 Å². The van der Waals surface area contributed by atoms with E-state index in [1.165, 1.54) is 17.3 Å². The van der Waals surface area contributed by atoms with Crippen molar-refractivity contribution in [2.75, 3.05) is 10.7 Å². The number of carbonyl (C=O) groups excluding carboxylic acids is 1. The highest BCUT2D eigenvalue weighted by atomic mass is 32.2. The van der Waals surface area contributed by atoms with Crippen molar-refractivity contribution in [3.05, 3.63) is 72.4 Å². The van der Waals surface area contributed by atoms with E-state index in [0.717, 1.165) is 39.6 Å². The Balaban J connectivity index is 1.39. The van der Waals surface area contributed by atoms with Crippen LogP contribution in [0, 0.1) is 0 Å². The van der Waals surface area contributed by atoms with E-state index in [-0.39, 0.29) is 11.9 Å². The van der Waals surface area contributed by atoms with Gasteiger partial charge in [-0.1, -0.05) is 42.1 Å². The molecule has 4 aromatic rings. The number of hydrogen-bond donors (Lipinski definition) is 1. The first kappa shape index (κ1) is 17.9. The van der Waals surface area contributed by atoms with Gasteiger partial charge < -0.3 is 9.88 Å². The van der Waals surface area contributed by atoms with Gasteiger partial charge >= 0.3 is 0 Å². The summed E-state index contributed by atoms with van der Waals surface area (Å²) in [7, 11) is 0. The van der Waals surface area contributed by atoms with Crippen molar-refractivity contribution in [2.45, 2.75) is 24.4 Å². The predicted molar refractivity (Wildman–Crippen MR) is 117 cm³/mol. The molecule has 2 aromatic heterocycles. The topological polar surface area (TPSA) is 61.9 Å². The number of nitrogens with one attached hydrogen (secondary N) is 1. The number of anilines is 1. The standard InChI is InChI=1S/C23H20N4OS/c1-15-13-16-7-2-5-11-20(16)27(15)21(28)14-29-23-17(8-6-12-24-23)22-25-18-9-3-4-10-19(18)26-22/h2-12,15H,13-14H2,1H3,(H,25,26). The fourth-order valence-electron chi connectivity index (χ4n) is 3.91. The third-order valence-corrected chi connectivity index (χ3v) is 6.21. The van der Waals surface area contributed by atoms with Gasteiger partial charge in [-0.15, -0.1) is 0 Å². The van der Waals surface area contributed by atoms with E-state index < -0.39 is 0 Å². The summed E-state index contributed by atoms with van der Waals surface area (Å²) in [5.41, 5.74) is 5.08. The average molecular weight is 401 g/mol. The maximum absolute atomic E-state index is 13.0. The van der Waals surface area contributed by atoms with Crippen molar-refractivity contribution in [3.63, 3.8) is 0 Å². The maximum atomic E-state index is 13.0. The highest BCUT2D eigenvalue weighted by Crippen LogP contribution is 2.34. The molecule has 0 radical (unpaired) electrons. The van der Waals surface area contributed by atoms with Crippen LogP contribution >= 0.6 is 11.8 Å². The molecule has 0 bridgehead atoms. The van der Waals surface area contributed by atoms with Crippen LogP contribution in [0.4, 0.5) is 5.69 Å². The molecule has 1 amide bonds. The molecule has 1 aliphatic heterocycles. The highest BCUT2D eigenvalue weighted by molar-refractivity contribution is 8.00. The van der Waals surface area contributed by atoms with Crippen LogP contribution in [0.1, 0.15) is 12.5 Å². The first-order chi connectivity index (χ1) is 14.2. The van der Waals surface area contributed by atoms with E-state index in [0.29, 0.717) is 5.75 Å². The number of benzene rings is 2. The number of aromatic amines is 1. The molecule has 144 valence electrons. The predicted octanol–water partition coefficient (Wildman–Crippen LogP) is 4.69. The fourth-order valence-corrected chi connectivity index (χ4v) is 4.77. The number of H-pyrrole nitrogens is 1. The lowest BCUT2D eigenvalue weighted by Gasteiger charge is -2.22.